The third-order valence-electron chi connectivity index (χ3n) is 3.48. The zero-order chi connectivity index (χ0) is 14.9. The van der Waals surface area contributed by atoms with Crippen molar-refractivity contribution in [3.05, 3.63) is 71.8 Å². The van der Waals surface area contributed by atoms with Crippen molar-refractivity contribution in [3.63, 3.8) is 0 Å². The van der Waals surface area contributed by atoms with Gasteiger partial charge in [0.2, 0.25) is 10.0 Å². The van der Waals surface area contributed by atoms with Gasteiger partial charge in [-0.15, -0.1) is 0 Å². The topological polar surface area (TPSA) is 66.4 Å². The molecule has 0 aliphatic heterocycles. The highest BCUT2D eigenvalue weighted by molar-refractivity contribution is 7.89. The SMILES string of the molecule is O=S(=O)(NC1C=Cc2ccccc2C1O)c1ccccc1. The molecule has 0 fully saturated rings. The van der Waals surface area contributed by atoms with Gasteiger partial charge in [0.15, 0.2) is 0 Å². The Bertz CT molecular complexity index is 769. The summed E-state index contributed by atoms with van der Waals surface area (Å²) in [5, 5.41) is 10.4. The summed E-state index contributed by atoms with van der Waals surface area (Å²) in [6.45, 7) is 0. The molecule has 0 aromatic heterocycles. The van der Waals surface area contributed by atoms with Crippen LogP contribution in [0.25, 0.3) is 6.08 Å². The molecule has 3 rings (SSSR count). The monoisotopic (exact) mass is 301 g/mol. The fraction of sp³-hybridized carbons (Fsp3) is 0.125. The third kappa shape index (κ3) is 2.76. The number of aliphatic hydroxyl groups is 1. The summed E-state index contributed by atoms with van der Waals surface area (Å²) in [5.74, 6) is 0. The molecule has 2 atom stereocenters. The fourth-order valence-corrected chi connectivity index (χ4v) is 3.61. The summed E-state index contributed by atoms with van der Waals surface area (Å²) in [5.41, 5.74) is 1.63. The van der Waals surface area contributed by atoms with Crippen LogP contribution in [0.2, 0.25) is 0 Å². The second-order valence-electron chi connectivity index (χ2n) is 4.89. The van der Waals surface area contributed by atoms with Crippen LogP contribution in [0.3, 0.4) is 0 Å². The van der Waals surface area contributed by atoms with E-state index in [1.54, 1.807) is 30.3 Å². The van der Waals surface area contributed by atoms with E-state index in [-0.39, 0.29) is 4.90 Å². The van der Waals surface area contributed by atoms with Gasteiger partial charge in [0, 0.05) is 0 Å². The zero-order valence-corrected chi connectivity index (χ0v) is 12.0. The van der Waals surface area contributed by atoms with Crippen LogP contribution in [0.15, 0.2) is 65.6 Å². The molecular weight excluding hydrogens is 286 g/mol. The van der Waals surface area contributed by atoms with Crippen LogP contribution < -0.4 is 4.72 Å². The highest BCUT2D eigenvalue weighted by atomic mass is 32.2. The largest absolute Gasteiger partial charge is 0.386 e. The van der Waals surface area contributed by atoms with Crippen molar-refractivity contribution < 1.29 is 13.5 Å². The van der Waals surface area contributed by atoms with Gasteiger partial charge in [0.25, 0.3) is 0 Å². The maximum atomic E-state index is 12.3. The van der Waals surface area contributed by atoms with Gasteiger partial charge >= 0.3 is 0 Å². The summed E-state index contributed by atoms with van der Waals surface area (Å²) in [4.78, 5) is 0.185. The maximum absolute atomic E-state index is 12.3. The Kier molecular flexibility index (Phi) is 3.63. The standard InChI is InChI=1S/C16H15NO3S/c18-16-14-9-5-4-6-12(14)10-11-15(16)17-21(19,20)13-7-2-1-3-8-13/h1-11,15-18H. The minimum Gasteiger partial charge on any atom is -0.386 e. The first-order valence-electron chi connectivity index (χ1n) is 6.60. The van der Waals surface area contributed by atoms with Gasteiger partial charge in [-0.2, -0.15) is 0 Å². The first-order chi connectivity index (χ1) is 10.1. The van der Waals surface area contributed by atoms with E-state index in [4.69, 9.17) is 0 Å². The van der Waals surface area contributed by atoms with Gasteiger partial charge in [-0.05, 0) is 23.3 Å². The van der Waals surface area contributed by atoms with E-state index in [0.717, 1.165) is 11.1 Å². The summed E-state index contributed by atoms with van der Waals surface area (Å²) in [6.07, 6.45) is 2.60. The molecular formula is C16H15NO3S. The van der Waals surface area contributed by atoms with Gasteiger partial charge < -0.3 is 5.11 Å². The number of rotatable bonds is 3. The third-order valence-corrected chi connectivity index (χ3v) is 4.96. The molecule has 1 aliphatic carbocycles. The van der Waals surface area contributed by atoms with E-state index in [2.05, 4.69) is 4.72 Å². The lowest BCUT2D eigenvalue weighted by Gasteiger charge is -2.26. The predicted molar refractivity (Wildman–Crippen MR) is 81.0 cm³/mol. The molecule has 0 heterocycles. The van der Waals surface area contributed by atoms with E-state index in [1.807, 2.05) is 24.3 Å². The van der Waals surface area contributed by atoms with Crippen molar-refractivity contribution in [3.8, 4) is 0 Å². The summed E-state index contributed by atoms with van der Waals surface area (Å²) in [7, 11) is -3.66. The van der Waals surface area contributed by atoms with E-state index in [0.29, 0.717) is 0 Å². The normalized spacial score (nSPS) is 21.0. The summed E-state index contributed by atoms with van der Waals surface area (Å²) < 4.78 is 27.1. The number of hydrogen-bond acceptors (Lipinski definition) is 3. The molecule has 0 amide bonds. The van der Waals surface area contributed by atoms with Crippen molar-refractivity contribution in [2.45, 2.75) is 17.0 Å². The molecule has 0 bridgehead atoms. The smallest absolute Gasteiger partial charge is 0.241 e. The molecule has 0 radical (unpaired) electrons. The summed E-state index contributed by atoms with van der Waals surface area (Å²) in [6, 6.07) is 14.8. The maximum Gasteiger partial charge on any atom is 0.241 e. The van der Waals surface area contributed by atoms with Gasteiger partial charge in [0.05, 0.1) is 17.0 Å². The van der Waals surface area contributed by atoms with E-state index >= 15 is 0 Å². The minimum atomic E-state index is -3.66. The Hall–Kier alpha value is -1.95. The van der Waals surface area contributed by atoms with Gasteiger partial charge in [-0.25, -0.2) is 13.1 Å². The molecule has 2 unspecified atom stereocenters. The molecule has 5 heteroatoms. The van der Waals surface area contributed by atoms with E-state index in [1.165, 1.54) is 12.1 Å². The number of hydrogen-bond donors (Lipinski definition) is 2. The van der Waals surface area contributed by atoms with E-state index < -0.39 is 22.2 Å². The van der Waals surface area contributed by atoms with Gasteiger partial charge in [0.1, 0.15) is 0 Å². The van der Waals surface area contributed by atoms with Gasteiger partial charge in [-0.3, -0.25) is 0 Å². The van der Waals surface area contributed by atoms with Crippen LogP contribution in [0.5, 0.6) is 0 Å². The molecule has 21 heavy (non-hydrogen) atoms. The number of aliphatic hydroxyl groups excluding tert-OH is 1. The van der Waals surface area contributed by atoms with Crippen LogP contribution >= 0.6 is 0 Å². The molecule has 4 nitrogen and oxygen atoms in total. The van der Waals surface area contributed by atoms with E-state index in [9.17, 15) is 13.5 Å². The Morgan fingerprint density at radius 1 is 0.952 bits per heavy atom. The molecule has 0 saturated carbocycles. The second kappa shape index (κ2) is 5.44. The number of benzene rings is 2. The quantitative estimate of drug-likeness (QED) is 0.912. The fourth-order valence-electron chi connectivity index (χ4n) is 2.39. The molecule has 2 N–H and O–H groups in total. The summed E-state index contributed by atoms with van der Waals surface area (Å²) >= 11 is 0. The predicted octanol–water partition coefficient (Wildman–Crippen LogP) is 2.09. The molecule has 2 aromatic carbocycles. The number of sulfonamides is 1. The Labute approximate surface area is 123 Å². The van der Waals surface area contributed by atoms with Crippen LogP contribution in [0, 0.1) is 0 Å². The van der Waals surface area contributed by atoms with Crippen molar-refractivity contribution in [2.24, 2.45) is 0 Å². The molecule has 0 spiro atoms. The molecule has 1 aliphatic rings. The van der Waals surface area contributed by atoms with Crippen LogP contribution in [-0.2, 0) is 10.0 Å². The first-order valence-corrected chi connectivity index (χ1v) is 8.09. The zero-order valence-electron chi connectivity index (χ0n) is 11.2. The second-order valence-corrected chi connectivity index (χ2v) is 6.61. The first kappa shape index (κ1) is 14.0. The van der Waals surface area contributed by atoms with Gasteiger partial charge in [-0.1, -0.05) is 54.6 Å². The van der Waals surface area contributed by atoms with Crippen molar-refractivity contribution >= 4 is 16.1 Å². The number of fused-ring (bicyclic) bond motifs is 1. The highest BCUT2D eigenvalue weighted by Crippen LogP contribution is 2.28. The Morgan fingerprint density at radius 3 is 2.38 bits per heavy atom. The Balaban J connectivity index is 1.87. The lowest BCUT2D eigenvalue weighted by molar-refractivity contribution is 0.155. The number of nitrogens with one attached hydrogen (secondary N) is 1. The average Bonchev–Trinajstić information content (AvgIpc) is 2.51. The van der Waals surface area contributed by atoms with Crippen molar-refractivity contribution in [2.75, 3.05) is 0 Å². The van der Waals surface area contributed by atoms with Crippen LogP contribution in [0.1, 0.15) is 17.2 Å². The molecule has 108 valence electrons. The molecule has 2 aromatic rings. The van der Waals surface area contributed by atoms with Crippen molar-refractivity contribution in [1.29, 1.82) is 0 Å². The van der Waals surface area contributed by atoms with Crippen molar-refractivity contribution in [1.82, 2.24) is 4.72 Å². The minimum absolute atomic E-state index is 0.185. The van der Waals surface area contributed by atoms with Crippen LogP contribution in [0.4, 0.5) is 0 Å². The lowest BCUT2D eigenvalue weighted by Crippen LogP contribution is -2.39. The lowest BCUT2D eigenvalue weighted by atomic mass is 9.92. The Morgan fingerprint density at radius 2 is 1.62 bits per heavy atom. The van der Waals surface area contributed by atoms with Crippen LogP contribution in [-0.4, -0.2) is 19.6 Å². The average molecular weight is 301 g/mol. The highest BCUT2D eigenvalue weighted by Gasteiger charge is 2.28. The molecule has 0 saturated heterocycles.